The third kappa shape index (κ3) is 5.53. The maximum absolute atomic E-state index is 12.7. The summed E-state index contributed by atoms with van der Waals surface area (Å²) in [4.78, 5) is 16.6. The molecule has 2 N–H and O–H groups in total. The van der Waals surface area contributed by atoms with Crippen LogP contribution in [0.3, 0.4) is 0 Å². The molecule has 7 nitrogen and oxygen atoms in total. The Labute approximate surface area is 202 Å². The van der Waals surface area contributed by atoms with Crippen molar-refractivity contribution in [1.82, 2.24) is 9.55 Å². The minimum Gasteiger partial charge on any atom is -0.413 e. The molecule has 0 unspecified atom stereocenters. The van der Waals surface area contributed by atoms with E-state index in [1.807, 2.05) is 6.08 Å². The van der Waals surface area contributed by atoms with E-state index in [2.05, 4.69) is 86.2 Å². The number of hydrogen-bond acceptors (Lipinski definition) is 6. The molecule has 0 radical (unpaired) electrons. The topological polar surface area (TPSA) is 88.6 Å². The Morgan fingerprint density at radius 1 is 1.18 bits per heavy atom. The van der Waals surface area contributed by atoms with Gasteiger partial charge in [-0.3, -0.25) is 4.57 Å². The predicted octanol–water partition coefficient (Wildman–Crippen LogP) is 5.33. The van der Waals surface area contributed by atoms with E-state index < -0.39 is 34.2 Å². The normalized spacial score (nSPS) is 27.1. The third-order valence-corrected chi connectivity index (χ3v) is 16.8. The molecule has 9 heteroatoms. The molecular formula is C24H45N3O4Si2. The fourth-order valence-corrected chi connectivity index (χ4v) is 5.90. The number of ether oxygens (including phenoxy) is 1. The Morgan fingerprint density at radius 2 is 1.73 bits per heavy atom. The van der Waals surface area contributed by atoms with Crippen molar-refractivity contribution >= 4 is 22.5 Å². The molecule has 188 valence electrons. The first-order valence-electron chi connectivity index (χ1n) is 11.8. The standard InChI is InChI=1S/C24H45N3O4Si2/c1-13-24(16-29-32(9,10)22(3,4)5)19(31-33(11,12)23(6,7)8)17(2)20(30-24)27-15-14-18(25)26-21(27)28/h13-15,17,19-20H,1,16H2,2-12H3,(H2,25,26,28)/t17-,19-,20+,24+/m0/s1. The van der Waals surface area contributed by atoms with Crippen LogP contribution in [0.15, 0.2) is 29.7 Å². The molecule has 1 aromatic rings. The first-order valence-corrected chi connectivity index (χ1v) is 17.6. The van der Waals surface area contributed by atoms with Crippen LogP contribution in [0.5, 0.6) is 0 Å². The zero-order valence-corrected chi connectivity index (χ0v) is 24.5. The van der Waals surface area contributed by atoms with Gasteiger partial charge in [0.25, 0.3) is 0 Å². The van der Waals surface area contributed by atoms with E-state index in [0.717, 1.165) is 0 Å². The summed E-state index contributed by atoms with van der Waals surface area (Å²) in [5.74, 6) is 0.0514. The minimum atomic E-state index is -2.18. The lowest BCUT2D eigenvalue weighted by Crippen LogP contribution is -2.55. The highest BCUT2D eigenvalue weighted by atomic mass is 28.4. The summed E-state index contributed by atoms with van der Waals surface area (Å²) in [7, 11) is -4.25. The van der Waals surface area contributed by atoms with Crippen LogP contribution in [-0.4, -0.2) is 44.5 Å². The highest BCUT2D eigenvalue weighted by Gasteiger charge is 2.57. The Kier molecular flexibility index (Phi) is 7.69. The molecule has 1 aromatic heterocycles. The van der Waals surface area contributed by atoms with Crippen molar-refractivity contribution in [3.63, 3.8) is 0 Å². The molecule has 0 aliphatic carbocycles. The zero-order valence-electron chi connectivity index (χ0n) is 22.5. The highest BCUT2D eigenvalue weighted by Crippen LogP contribution is 2.48. The second kappa shape index (κ2) is 9.07. The van der Waals surface area contributed by atoms with Crippen molar-refractivity contribution in [3.05, 3.63) is 35.4 Å². The molecule has 2 heterocycles. The quantitative estimate of drug-likeness (QED) is 0.406. The molecule has 1 fully saturated rings. The van der Waals surface area contributed by atoms with Crippen LogP contribution in [0.4, 0.5) is 5.82 Å². The Hall–Kier alpha value is -1.27. The van der Waals surface area contributed by atoms with Crippen LogP contribution in [0.1, 0.15) is 54.7 Å². The van der Waals surface area contributed by atoms with Gasteiger partial charge in [-0.15, -0.1) is 6.58 Å². The number of hydrogen-bond donors (Lipinski definition) is 1. The van der Waals surface area contributed by atoms with Gasteiger partial charge < -0.3 is 19.3 Å². The van der Waals surface area contributed by atoms with E-state index in [1.165, 1.54) is 4.57 Å². The molecule has 4 atom stereocenters. The molecule has 1 saturated heterocycles. The number of nitrogen functional groups attached to an aromatic ring is 1. The van der Waals surface area contributed by atoms with Gasteiger partial charge >= 0.3 is 5.69 Å². The average molecular weight is 496 g/mol. The maximum atomic E-state index is 12.7. The van der Waals surface area contributed by atoms with Gasteiger partial charge in [-0.1, -0.05) is 54.5 Å². The molecule has 1 aliphatic heterocycles. The van der Waals surface area contributed by atoms with E-state index in [0.29, 0.717) is 6.61 Å². The molecule has 1 aliphatic rings. The molecule has 2 rings (SSSR count). The van der Waals surface area contributed by atoms with Crippen molar-refractivity contribution in [2.75, 3.05) is 12.3 Å². The fraction of sp³-hybridized carbons (Fsp3) is 0.750. The summed E-state index contributed by atoms with van der Waals surface area (Å²) in [6.45, 7) is 28.7. The average Bonchev–Trinajstić information content (AvgIpc) is 2.91. The SMILES string of the molecule is C=C[C@]1(CO[Si](C)(C)C(C)(C)C)O[C@@H](n2ccc(N)nc2=O)[C@@H](C)[C@@H]1O[Si](C)(C)C(C)(C)C. The van der Waals surface area contributed by atoms with Crippen LogP contribution >= 0.6 is 0 Å². The van der Waals surface area contributed by atoms with Gasteiger partial charge in [0.1, 0.15) is 17.6 Å². The zero-order chi connectivity index (χ0) is 25.6. The van der Waals surface area contributed by atoms with Crippen molar-refractivity contribution < 1.29 is 13.6 Å². The highest BCUT2D eigenvalue weighted by molar-refractivity contribution is 6.74. The third-order valence-electron chi connectivity index (χ3n) is 7.91. The lowest BCUT2D eigenvalue weighted by molar-refractivity contribution is -0.0928. The molecule has 0 saturated carbocycles. The number of nitrogens with zero attached hydrogens (tertiary/aromatic N) is 2. The summed E-state index contributed by atoms with van der Waals surface area (Å²) in [5, 5.41) is 0.0597. The first-order chi connectivity index (χ1) is 14.8. The van der Waals surface area contributed by atoms with E-state index in [1.54, 1.807) is 12.3 Å². The number of rotatable bonds is 7. The Balaban J connectivity index is 2.54. The van der Waals surface area contributed by atoms with E-state index in [4.69, 9.17) is 19.3 Å². The summed E-state index contributed by atoms with van der Waals surface area (Å²) in [6.07, 6.45) is 2.56. The Bertz CT molecular complexity index is 918. The van der Waals surface area contributed by atoms with E-state index in [-0.39, 0.29) is 27.9 Å². The van der Waals surface area contributed by atoms with Gasteiger partial charge in [-0.05, 0) is 42.3 Å². The van der Waals surface area contributed by atoms with Crippen molar-refractivity contribution in [3.8, 4) is 0 Å². The number of nitrogens with two attached hydrogens (primary N) is 1. The molecule has 0 amide bonds. The summed E-state index contributed by atoms with van der Waals surface area (Å²) in [6, 6.07) is 1.61. The lowest BCUT2D eigenvalue weighted by atomic mass is 9.91. The fourth-order valence-electron chi connectivity index (χ4n) is 3.47. The van der Waals surface area contributed by atoms with Gasteiger partial charge in [0, 0.05) is 12.1 Å². The van der Waals surface area contributed by atoms with Gasteiger partial charge in [-0.25, -0.2) is 4.79 Å². The van der Waals surface area contributed by atoms with Gasteiger partial charge in [0.2, 0.25) is 0 Å². The van der Waals surface area contributed by atoms with Crippen LogP contribution in [-0.2, 0) is 13.6 Å². The molecular weight excluding hydrogens is 450 g/mol. The molecule has 33 heavy (non-hydrogen) atoms. The minimum absolute atomic E-state index is 0.0115. The summed E-state index contributed by atoms with van der Waals surface area (Å²) in [5.41, 5.74) is 4.38. The van der Waals surface area contributed by atoms with Gasteiger partial charge in [0.15, 0.2) is 16.6 Å². The number of anilines is 1. The van der Waals surface area contributed by atoms with Crippen molar-refractivity contribution in [2.24, 2.45) is 5.92 Å². The van der Waals surface area contributed by atoms with Crippen LogP contribution in [0, 0.1) is 5.92 Å². The second-order valence-electron chi connectivity index (χ2n) is 12.4. The van der Waals surface area contributed by atoms with E-state index >= 15 is 0 Å². The van der Waals surface area contributed by atoms with Crippen LogP contribution in [0.2, 0.25) is 36.3 Å². The Morgan fingerprint density at radius 3 is 2.18 bits per heavy atom. The number of aromatic nitrogens is 2. The maximum Gasteiger partial charge on any atom is 0.351 e. The van der Waals surface area contributed by atoms with Crippen LogP contribution < -0.4 is 11.4 Å². The monoisotopic (exact) mass is 495 g/mol. The van der Waals surface area contributed by atoms with Crippen molar-refractivity contribution in [2.45, 2.75) is 103 Å². The largest absolute Gasteiger partial charge is 0.413 e. The van der Waals surface area contributed by atoms with Crippen LogP contribution in [0.25, 0.3) is 0 Å². The summed E-state index contributed by atoms with van der Waals surface area (Å²) < 4.78 is 21.8. The molecule has 0 spiro atoms. The van der Waals surface area contributed by atoms with Gasteiger partial charge in [0.05, 0.1) is 12.7 Å². The first kappa shape index (κ1) is 28.0. The van der Waals surface area contributed by atoms with Crippen molar-refractivity contribution in [1.29, 1.82) is 0 Å². The van der Waals surface area contributed by atoms with E-state index in [9.17, 15) is 4.79 Å². The smallest absolute Gasteiger partial charge is 0.351 e. The molecule has 0 aromatic carbocycles. The lowest BCUT2D eigenvalue weighted by Gasteiger charge is -2.44. The molecule has 0 bridgehead atoms. The van der Waals surface area contributed by atoms with Gasteiger partial charge in [-0.2, -0.15) is 4.98 Å². The summed E-state index contributed by atoms with van der Waals surface area (Å²) >= 11 is 0. The second-order valence-corrected chi connectivity index (χ2v) is 22.0. The predicted molar refractivity (Wildman–Crippen MR) is 140 cm³/mol.